The maximum Gasteiger partial charge on any atom is 0.0270 e. The van der Waals surface area contributed by atoms with Crippen molar-refractivity contribution in [2.24, 2.45) is 0 Å². The molecule has 92 valence electrons. The fourth-order valence-electron chi connectivity index (χ4n) is 3.32. The van der Waals surface area contributed by atoms with Crippen LogP contribution in [0.3, 0.4) is 0 Å². The Balaban J connectivity index is 1.77. The van der Waals surface area contributed by atoms with Crippen LogP contribution in [0.1, 0.15) is 22.6 Å². The number of hydrogen-bond donors (Lipinski definition) is 0. The third-order valence-electron chi connectivity index (χ3n) is 4.16. The number of pyridine rings is 1. The Labute approximate surface area is 112 Å². The molecule has 0 saturated heterocycles. The Kier molecular flexibility index (Phi) is 2.37. The van der Waals surface area contributed by atoms with Crippen LogP contribution in [-0.4, -0.2) is 4.98 Å². The first-order valence-electron chi connectivity index (χ1n) is 6.81. The van der Waals surface area contributed by atoms with E-state index in [1.54, 1.807) is 0 Å². The van der Waals surface area contributed by atoms with Crippen molar-refractivity contribution >= 4 is 10.8 Å². The van der Waals surface area contributed by atoms with E-state index in [-0.39, 0.29) is 0 Å². The quantitative estimate of drug-likeness (QED) is 0.662. The topological polar surface area (TPSA) is 12.9 Å². The number of nitrogens with zero attached hydrogens (tertiary/aromatic N) is 1. The smallest absolute Gasteiger partial charge is 0.0270 e. The van der Waals surface area contributed by atoms with Gasteiger partial charge in [0.2, 0.25) is 0 Å². The zero-order valence-electron chi connectivity index (χ0n) is 10.7. The van der Waals surface area contributed by atoms with Gasteiger partial charge in [-0.05, 0) is 58.4 Å². The molecule has 1 heterocycles. The lowest BCUT2D eigenvalue weighted by Gasteiger charge is -2.11. The van der Waals surface area contributed by atoms with Crippen LogP contribution in [0.25, 0.3) is 10.8 Å². The summed E-state index contributed by atoms with van der Waals surface area (Å²) in [7, 11) is 0. The molecule has 0 fully saturated rings. The van der Waals surface area contributed by atoms with Crippen molar-refractivity contribution in [2.75, 3.05) is 0 Å². The van der Waals surface area contributed by atoms with Gasteiger partial charge in [-0.1, -0.05) is 36.4 Å². The summed E-state index contributed by atoms with van der Waals surface area (Å²) in [6, 6.07) is 17.6. The Bertz CT molecular complexity index is 726. The van der Waals surface area contributed by atoms with Crippen LogP contribution >= 0.6 is 0 Å². The lowest BCUT2D eigenvalue weighted by atomic mass is 9.93. The highest BCUT2D eigenvalue weighted by molar-refractivity contribution is 5.91. The zero-order chi connectivity index (χ0) is 12.7. The van der Waals surface area contributed by atoms with E-state index in [1.165, 1.54) is 33.9 Å². The molecule has 4 rings (SSSR count). The normalized spacial score (nSPS) is 16.9. The molecule has 0 saturated carbocycles. The van der Waals surface area contributed by atoms with Crippen molar-refractivity contribution in [3.8, 4) is 0 Å². The van der Waals surface area contributed by atoms with Gasteiger partial charge < -0.3 is 0 Å². The minimum atomic E-state index is 0.614. The number of benzene rings is 2. The van der Waals surface area contributed by atoms with E-state index in [0.717, 1.165) is 6.42 Å². The summed E-state index contributed by atoms with van der Waals surface area (Å²) >= 11 is 0. The molecule has 1 aromatic heterocycles. The molecule has 19 heavy (non-hydrogen) atoms. The molecule has 2 aromatic carbocycles. The highest BCUT2D eigenvalue weighted by atomic mass is 14.6. The number of hydrogen-bond acceptors (Lipinski definition) is 1. The molecule has 1 atom stereocenters. The van der Waals surface area contributed by atoms with Gasteiger partial charge in [-0.2, -0.15) is 0 Å². The second-order valence-corrected chi connectivity index (χ2v) is 5.32. The Morgan fingerprint density at radius 2 is 1.74 bits per heavy atom. The second kappa shape index (κ2) is 4.20. The first-order chi connectivity index (χ1) is 9.42. The molecule has 0 amide bonds. The predicted molar refractivity (Wildman–Crippen MR) is 78.3 cm³/mol. The Morgan fingerprint density at radius 3 is 2.58 bits per heavy atom. The van der Waals surface area contributed by atoms with Crippen LogP contribution in [0.15, 0.2) is 60.9 Å². The number of rotatable bonds is 2. The van der Waals surface area contributed by atoms with Gasteiger partial charge in [-0.15, -0.1) is 0 Å². The van der Waals surface area contributed by atoms with Gasteiger partial charge in [0.15, 0.2) is 0 Å². The fourth-order valence-corrected chi connectivity index (χ4v) is 3.32. The third kappa shape index (κ3) is 1.74. The van der Waals surface area contributed by atoms with E-state index in [9.17, 15) is 0 Å². The van der Waals surface area contributed by atoms with Crippen molar-refractivity contribution in [1.82, 2.24) is 4.98 Å². The summed E-state index contributed by atoms with van der Waals surface area (Å²) in [5.41, 5.74) is 4.40. The molecule has 0 spiro atoms. The van der Waals surface area contributed by atoms with Gasteiger partial charge >= 0.3 is 0 Å². The molecule has 1 aliphatic rings. The summed E-state index contributed by atoms with van der Waals surface area (Å²) in [6.07, 6.45) is 6.05. The van der Waals surface area contributed by atoms with Crippen molar-refractivity contribution < 1.29 is 0 Å². The molecule has 3 aromatic rings. The van der Waals surface area contributed by atoms with Crippen molar-refractivity contribution in [2.45, 2.75) is 18.8 Å². The molecule has 0 aliphatic heterocycles. The van der Waals surface area contributed by atoms with Crippen molar-refractivity contribution in [3.63, 3.8) is 0 Å². The van der Waals surface area contributed by atoms with E-state index in [4.69, 9.17) is 0 Å². The first kappa shape index (κ1) is 10.7. The van der Waals surface area contributed by atoms with Crippen LogP contribution in [0.5, 0.6) is 0 Å². The average Bonchev–Trinajstić information content (AvgIpc) is 2.81. The highest BCUT2D eigenvalue weighted by Gasteiger charge is 2.23. The van der Waals surface area contributed by atoms with Gasteiger partial charge in [0.1, 0.15) is 0 Å². The average molecular weight is 245 g/mol. The molecule has 0 radical (unpaired) electrons. The predicted octanol–water partition coefficient (Wildman–Crippen LogP) is 4.12. The van der Waals surface area contributed by atoms with Crippen LogP contribution in [0, 0.1) is 0 Å². The van der Waals surface area contributed by atoms with Gasteiger partial charge in [-0.25, -0.2) is 0 Å². The second-order valence-electron chi connectivity index (χ2n) is 5.32. The van der Waals surface area contributed by atoms with Gasteiger partial charge in [0, 0.05) is 12.4 Å². The summed E-state index contributed by atoms with van der Waals surface area (Å²) in [6.45, 7) is 0. The van der Waals surface area contributed by atoms with Crippen molar-refractivity contribution in [1.29, 1.82) is 0 Å². The lowest BCUT2D eigenvalue weighted by Crippen LogP contribution is -2.01. The molecule has 0 bridgehead atoms. The zero-order valence-corrected chi connectivity index (χ0v) is 10.7. The number of aromatic nitrogens is 1. The minimum Gasteiger partial charge on any atom is -0.265 e. The molecule has 1 heteroatoms. The van der Waals surface area contributed by atoms with E-state index in [2.05, 4.69) is 53.5 Å². The molecular weight excluding hydrogens is 230 g/mol. The third-order valence-corrected chi connectivity index (χ3v) is 4.16. The molecule has 1 unspecified atom stereocenters. The molecule has 0 N–H and O–H groups in total. The van der Waals surface area contributed by atoms with E-state index in [1.807, 2.05) is 12.4 Å². The Morgan fingerprint density at radius 1 is 0.947 bits per heavy atom. The minimum absolute atomic E-state index is 0.614. The fraction of sp³-hybridized carbons (Fsp3) is 0.167. The van der Waals surface area contributed by atoms with Gasteiger partial charge in [-0.3, -0.25) is 4.98 Å². The molecule has 1 nitrogen and oxygen atoms in total. The monoisotopic (exact) mass is 245 g/mol. The van der Waals surface area contributed by atoms with Crippen LogP contribution < -0.4 is 0 Å². The Hall–Kier alpha value is -2.15. The van der Waals surface area contributed by atoms with Gasteiger partial charge in [0.05, 0.1) is 0 Å². The lowest BCUT2D eigenvalue weighted by molar-refractivity contribution is 0.708. The summed E-state index contributed by atoms with van der Waals surface area (Å²) < 4.78 is 0. The molecular formula is C18H15N. The summed E-state index contributed by atoms with van der Waals surface area (Å²) in [5.74, 6) is 0.614. The summed E-state index contributed by atoms with van der Waals surface area (Å²) in [5, 5.41) is 2.87. The highest BCUT2D eigenvalue weighted by Crippen LogP contribution is 2.39. The maximum atomic E-state index is 4.10. The van der Waals surface area contributed by atoms with E-state index < -0.39 is 0 Å². The SMILES string of the molecule is c1cc2c3c(cccc3c1)C(Cc1ccncc1)C2. The largest absolute Gasteiger partial charge is 0.265 e. The van der Waals surface area contributed by atoms with Crippen molar-refractivity contribution in [3.05, 3.63) is 77.6 Å². The summed E-state index contributed by atoms with van der Waals surface area (Å²) in [4.78, 5) is 4.10. The van der Waals surface area contributed by atoms with Crippen LogP contribution in [0.4, 0.5) is 0 Å². The standard InChI is InChI=1S/C18H15N/c1-3-14-4-2-6-17-16(12-15(5-1)18(14)17)11-13-7-9-19-10-8-13/h1-10,16H,11-12H2. The molecule has 1 aliphatic carbocycles. The van der Waals surface area contributed by atoms with Crippen LogP contribution in [0.2, 0.25) is 0 Å². The van der Waals surface area contributed by atoms with E-state index >= 15 is 0 Å². The van der Waals surface area contributed by atoms with Crippen LogP contribution in [-0.2, 0) is 12.8 Å². The van der Waals surface area contributed by atoms with E-state index in [0.29, 0.717) is 5.92 Å². The van der Waals surface area contributed by atoms with Gasteiger partial charge in [0.25, 0.3) is 0 Å². The first-order valence-corrected chi connectivity index (χ1v) is 6.81. The maximum absolute atomic E-state index is 4.10.